The fraction of sp³-hybridized carbons (Fsp3) is 0.450. The molecule has 1 atom stereocenters. The van der Waals surface area contributed by atoms with Crippen LogP contribution in [0.15, 0.2) is 12.4 Å². The minimum atomic E-state index is -0.0179. The van der Waals surface area contributed by atoms with Gasteiger partial charge in [-0.3, -0.25) is 4.79 Å². The summed E-state index contributed by atoms with van der Waals surface area (Å²) in [7, 11) is 1.97. The molecule has 0 saturated carbocycles. The predicted octanol–water partition coefficient (Wildman–Crippen LogP) is 4.03. The van der Waals surface area contributed by atoms with Crippen LogP contribution in [0, 0.1) is 19.8 Å². The summed E-state index contributed by atoms with van der Waals surface area (Å²) in [6, 6.07) is 1.92. The Morgan fingerprint density at radius 3 is 2.92 bits per heavy atom. The summed E-state index contributed by atoms with van der Waals surface area (Å²) in [5.41, 5.74) is 4.07. The molecule has 1 aliphatic carbocycles. The Balaban J connectivity index is 1.61. The smallest absolute Gasteiger partial charge is 0.226 e. The molecule has 5 nitrogen and oxygen atoms in total. The minimum absolute atomic E-state index is 0.00255. The van der Waals surface area contributed by atoms with E-state index in [1.807, 2.05) is 31.5 Å². The topological polar surface area (TPSA) is 57.0 Å². The second-order valence-electron chi connectivity index (χ2n) is 7.27. The third-order valence-corrected chi connectivity index (χ3v) is 6.63. The van der Waals surface area contributed by atoms with Gasteiger partial charge < -0.3 is 9.30 Å². The number of carbonyl (C=O) groups excluding carboxylic acids is 1. The molecule has 0 radical (unpaired) electrons. The molecule has 4 rings (SSSR count). The van der Waals surface area contributed by atoms with Gasteiger partial charge in [0.15, 0.2) is 6.61 Å². The maximum absolute atomic E-state index is 12.6. The van der Waals surface area contributed by atoms with Crippen LogP contribution in [0.3, 0.4) is 0 Å². The lowest BCUT2D eigenvalue weighted by molar-refractivity contribution is 0.0918. The Labute approximate surface area is 157 Å². The van der Waals surface area contributed by atoms with Gasteiger partial charge in [-0.15, -0.1) is 11.3 Å². The van der Waals surface area contributed by atoms with Gasteiger partial charge >= 0.3 is 0 Å². The molecule has 0 aromatic carbocycles. The fourth-order valence-corrected chi connectivity index (χ4v) is 5.05. The molecule has 136 valence electrons. The van der Waals surface area contributed by atoms with Gasteiger partial charge in [0.2, 0.25) is 11.7 Å². The van der Waals surface area contributed by atoms with Gasteiger partial charge in [0.25, 0.3) is 0 Å². The van der Waals surface area contributed by atoms with Crippen molar-refractivity contribution in [2.45, 2.75) is 40.0 Å². The largest absolute Gasteiger partial charge is 0.469 e. The number of carbonyl (C=O) groups is 1. The lowest BCUT2D eigenvalue weighted by Gasteiger charge is -2.18. The van der Waals surface area contributed by atoms with Crippen LogP contribution in [0.25, 0.3) is 10.2 Å². The van der Waals surface area contributed by atoms with Crippen molar-refractivity contribution < 1.29 is 9.53 Å². The standard InChI is InChI=1S/C20H23N3O2S/c1-11-5-6-14-17(7-11)26-20-18(14)19(21-10-22-20)25-9-16(24)15-8-12(2)23(4)13(15)3/h8,10-11H,5-7,9H2,1-4H3. The molecule has 0 fully saturated rings. The first kappa shape index (κ1) is 17.2. The average Bonchev–Trinajstić information content (AvgIpc) is 3.11. The first-order valence-corrected chi connectivity index (χ1v) is 9.81. The van der Waals surface area contributed by atoms with Gasteiger partial charge in [0.1, 0.15) is 11.2 Å². The van der Waals surface area contributed by atoms with Crippen LogP contribution in [0.4, 0.5) is 0 Å². The summed E-state index contributed by atoms with van der Waals surface area (Å²) in [6.07, 6.45) is 4.84. The molecule has 0 spiro atoms. The number of fused-ring (bicyclic) bond motifs is 3. The first-order valence-electron chi connectivity index (χ1n) is 9.00. The van der Waals surface area contributed by atoms with E-state index in [2.05, 4.69) is 16.9 Å². The molecule has 1 aliphatic rings. The van der Waals surface area contributed by atoms with Crippen LogP contribution < -0.4 is 4.74 Å². The van der Waals surface area contributed by atoms with Crippen molar-refractivity contribution in [1.82, 2.24) is 14.5 Å². The lowest BCUT2D eigenvalue weighted by Crippen LogP contribution is -2.14. The summed E-state index contributed by atoms with van der Waals surface area (Å²) in [5, 5.41) is 1.01. The molecule has 3 aromatic rings. The van der Waals surface area contributed by atoms with Gasteiger partial charge in [-0.1, -0.05) is 6.92 Å². The van der Waals surface area contributed by atoms with E-state index in [0.717, 1.165) is 40.0 Å². The Morgan fingerprint density at radius 2 is 2.19 bits per heavy atom. The molecule has 3 heterocycles. The minimum Gasteiger partial charge on any atom is -0.469 e. The van der Waals surface area contributed by atoms with Crippen molar-refractivity contribution in [3.63, 3.8) is 0 Å². The zero-order chi connectivity index (χ0) is 18.4. The number of hydrogen-bond acceptors (Lipinski definition) is 5. The van der Waals surface area contributed by atoms with E-state index in [0.29, 0.717) is 11.8 Å². The van der Waals surface area contributed by atoms with Crippen LogP contribution in [0.2, 0.25) is 0 Å². The van der Waals surface area contributed by atoms with Crippen LogP contribution in [-0.2, 0) is 19.9 Å². The average molecular weight is 369 g/mol. The molecule has 3 aromatic heterocycles. The van der Waals surface area contributed by atoms with E-state index < -0.39 is 0 Å². The number of aryl methyl sites for hydroxylation is 2. The van der Waals surface area contributed by atoms with Gasteiger partial charge in [0.05, 0.1) is 5.39 Å². The van der Waals surface area contributed by atoms with E-state index >= 15 is 0 Å². The molecule has 0 amide bonds. The van der Waals surface area contributed by atoms with E-state index in [4.69, 9.17) is 4.74 Å². The molecule has 26 heavy (non-hydrogen) atoms. The van der Waals surface area contributed by atoms with E-state index in [1.165, 1.54) is 23.2 Å². The quantitative estimate of drug-likeness (QED) is 0.652. The number of Topliss-reactive ketones (excluding diaryl/α,β-unsaturated/α-hetero) is 1. The van der Waals surface area contributed by atoms with Crippen molar-refractivity contribution in [1.29, 1.82) is 0 Å². The number of rotatable bonds is 4. The van der Waals surface area contributed by atoms with Crippen molar-refractivity contribution in [3.05, 3.63) is 39.8 Å². The van der Waals surface area contributed by atoms with Crippen molar-refractivity contribution >= 4 is 27.3 Å². The van der Waals surface area contributed by atoms with Gasteiger partial charge in [-0.25, -0.2) is 9.97 Å². The van der Waals surface area contributed by atoms with E-state index in [-0.39, 0.29) is 12.4 Å². The summed E-state index contributed by atoms with van der Waals surface area (Å²) in [5.74, 6) is 1.23. The zero-order valence-corrected chi connectivity index (χ0v) is 16.4. The molecular formula is C20H23N3O2S. The highest BCUT2D eigenvalue weighted by Crippen LogP contribution is 2.40. The highest BCUT2D eigenvalue weighted by atomic mass is 32.1. The molecule has 6 heteroatoms. The SMILES string of the molecule is Cc1cc(C(=O)COc2ncnc3sc4c(c23)CCC(C)C4)c(C)n1C. The van der Waals surface area contributed by atoms with Crippen molar-refractivity contribution in [2.75, 3.05) is 6.61 Å². The normalized spacial score (nSPS) is 16.7. The maximum Gasteiger partial charge on any atom is 0.226 e. The van der Waals surface area contributed by atoms with Crippen LogP contribution in [0.1, 0.15) is 45.5 Å². The van der Waals surface area contributed by atoms with Crippen molar-refractivity contribution in [3.8, 4) is 5.88 Å². The second kappa shape index (κ2) is 6.50. The first-order chi connectivity index (χ1) is 12.5. The number of hydrogen-bond donors (Lipinski definition) is 0. The summed E-state index contributed by atoms with van der Waals surface area (Å²) >= 11 is 1.74. The summed E-state index contributed by atoms with van der Waals surface area (Å²) in [4.78, 5) is 23.7. The lowest BCUT2D eigenvalue weighted by atomic mass is 9.89. The van der Waals surface area contributed by atoms with Crippen molar-refractivity contribution in [2.24, 2.45) is 13.0 Å². The van der Waals surface area contributed by atoms with Crippen LogP contribution in [-0.4, -0.2) is 26.9 Å². The van der Waals surface area contributed by atoms with Crippen LogP contribution in [0.5, 0.6) is 5.88 Å². The molecule has 0 bridgehead atoms. The Kier molecular flexibility index (Phi) is 4.31. The second-order valence-corrected chi connectivity index (χ2v) is 8.35. The van der Waals surface area contributed by atoms with Gasteiger partial charge in [-0.05, 0) is 50.7 Å². The maximum atomic E-state index is 12.6. The highest BCUT2D eigenvalue weighted by Gasteiger charge is 2.24. The highest BCUT2D eigenvalue weighted by molar-refractivity contribution is 7.18. The fourth-order valence-electron chi connectivity index (χ4n) is 3.70. The summed E-state index contributed by atoms with van der Waals surface area (Å²) < 4.78 is 7.91. The monoisotopic (exact) mass is 369 g/mol. The van der Waals surface area contributed by atoms with E-state index in [9.17, 15) is 4.79 Å². The number of nitrogens with zero attached hydrogens (tertiary/aromatic N) is 3. The summed E-state index contributed by atoms with van der Waals surface area (Å²) in [6.45, 7) is 6.24. The molecule has 0 N–H and O–H groups in total. The third-order valence-electron chi connectivity index (χ3n) is 5.47. The predicted molar refractivity (Wildman–Crippen MR) is 103 cm³/mol. The van der Waals surface area contributed by atoms with Gasteiger partial charge in [-0.2, -0.15) is 0 Å². The van der Waals surface area contributed by atoms with E-state index in [1.54, 1.807) is 11.3 Å². The zero-order valence-electron chi connectivity index (χ0n) is 15.6. The molecule has 0 aliphatic heterocycles. The number of ether oxygens (including phenoxy) is 1. The Morgan fingerprint density at radius 1 is 1.38 bits per heavy atom. The molecule has 1 unspecified atom stereocenters. The van der Waals surface area contributed by atoms with Gasteiger partial charge in [0, 0.05) is 28.9 Å². The Hall–Kier alpha value is -2.21. The number of ketones is 1. The van der Waals surface area contributed by atoms with Crippen LogP contribution >= 0.6 is 11.3 Å². The molecule has 0 saturated heterocycles. The number of aromatic nitrogens is 3. The molecular weight excluding hydrogens is 346 g/mol. The number of thiophene rings is 1. The third kappa shape index (κ3) is 2.82. The Bertz CT molecular complexity index is 1000.